The zero-order valence-electron chi connectivity index (χ0n) is 13.9. The molecule has 0 atom stereocenters. The number of imidazole rings is 1. The minimum atomic E-state index is -0.285. The second-order valence-corrected chi connectivity index (χ2v) is 6.09. The monoisotopic (exact) mass is 346 g/mol. The molecule has 0 saturated carbocycles. The van der Waals surface area contributed by atoms with Crippen molar-refractivity contribution in [3.05, 3.63) is 103 Å². The van der Waals surface area contributed by atoms with E-state index in [1.54, 1.807) is 30.7 Å². The van der Waals surface area contributed by atoms with E-state index in [9.17, 15) is 8.78 Å². The van der Waals surface area contributed by atoms with Crippen molar-refractivity contribution in [2.45, 2.75) is 6.54 Å². The fraction of sp³-hybridized carbons (Fsp3) is 0.0455. The average Bonchev–Trinajstić information content (AvgIpc) is 3.15. The molecular formula is C22H16F2N2. The summed E-state index contributed by atoms with van der Waals surface area (Å²) >= 11 is 0. The van der Waals surface area contributed by atoms with Crippen molar-refractivity contribution in [2.75, 3.05) is 0 Å². The van der Waals surface area contributed by atoms with E-state index < -0.39 is 0 Å². The number of halogens is 2. The predicted molar refractivity (Wildman–Crippen MR) is 98.6 cm³/mol. The third-order valence-electron chi connectivity index (χ3n) is 4.33. The number of aromatic nitrogens is 2. The lowest BCUT2D eigenvalue weighted by Gasteiger charge is -2.16. The molecule has 1 heterocycles. The quantitative estimate of drug-likeness (QED) is 0.474. The Labute approximate surface area is 150 Å². The Bertz CT molecular complexity index is 1020. The lowest BCUT2D eigenvalue weighted by atomic mass is 9.90. The zero-order chi connectivity index (χ0) is 17.9. The van der Waals surface area contributed by atoms with E-state index >= 15 is 0 Å². The van der Waals surface area contributed by atoms with Gasteiger partial charge >= 0.3 is 0 Å². The fourth-order valence-corrected chi connectivity index (χ4v) is 3.16. The van der Waals surface area contributed by atoms with Crippen LogP contribution in [0.4, 0.5) is 8.78 Å². The maximum absolute atomic E-state index is 13.8. The number of benzene rings is 3. The first-order valence-corrected chi connectivity index (χ1v) is 8.30. The minimum absolute atomic E-state index is 0.284. The van der Waals surface area contributed by atoms with Crippen LogP contribution in [0.5, 0.6) is 0 Å². The molecule has 0 amide bonds. The van der Waals surface area contributed by atoms with Crippen LogP contribution < -0.4 is 0 Å². The van der Waals surface area contributed by atoms with E-state index in [0.29, 0.717) is 6.54 Å². The summed E-state index contributed by atoms with van der Waals surface area (Å²) in [6.45, 7) is 0.621. The molecule has 4 heteroatoms. The molecule has 26 heavy (non-hydrogen) atoms. The van der Waals surface area contributed by atoms with Crippen LogP contribution in [0.1, 0.15) is 5.56 Å². The SMILES string of the molecule is Fc1ccc(-c2c(Cn3ccnc3)cccc2-c2cccc(F)c2)cc1. The Morgan fingerprint density at radius 2 is 1.62 bits per heavy atom. The highest BCUT2D eigenvalue weighted by Gasteiger charge is 2.13. The van der Waals surface area contributed by atoms with Gasteiger partial charge in [0.1, 0.15) is 11.6 Å². The highest BCUT2D eigenvalue weighted by molar-refractivity contribution is 5.85. The molecule has 2 nitrogen and oxygen atoms in total. The second-order valence-electron chi connectivity index (χ2n) is 6.09. The van der Waals surface area contributed by atoms with Gasteiger partial charge in [0.15, 0.2) is 0 Å². The fourth-order valence-electron chi connectivity index (χ4n) is 3.16. The average molecular weight is 346 g/mol. The maximum atomic E-state index is 13.8. The van der Waals surface area contributed by atoms with Gasteiger partial charge in [-0.2, -0.15) is 0 Å². The van der Waals surface area contributed by atoms with Crippen molar-refractivity contribution in [2.24, 2.45) is 0 Å². The summed E-state index contributed by atoms with van der Waals surface area (Å²) < 4.78 is 29.2. The summed E-state index contributed by atoms with van der Waals surface area (Å²) in [4.78, 5) is 4.09. The molecule has 0 saturated heterocycles. The molecule has 0 aliphatic rings. The molecule has 4 rings (SSSR count). The van der Waals surface area contributed by atoms with E-state index in [1.807, 2.05) is 35.0 Å². The molecule has 128 valence electrons. The maximum Gasteiger partial charge on any atom is 0.123 e. The van der Waals surface area contributed by atoms with Crippen LogP contribution in [0.3, 0.4) is 0 Å². The van der Waals surface area contributed by atoms with Crippen molar-refractivity contribution in [1.82, 2.24) is 9.55 Å². The highest BCUT2D eigenvalue weighted by atomic mass is 19.1. The van der Waals surface area contributed by atoms with Crippen LogP contribution in [-0.4, -0.2) is 9.55 Å². The second kappa shape index (κ2) is 6.92. The van der Waals surface area contributed by atoms with Gasteiger partial charge in [-0.05, 0) is 52.1 Å². The smallest absolute Gasteiger partial charge is 0.123 e. The molecule has 0 radical (unpaired) electrons. The van der Waals surface area contributed by atoms with Gasteiger partial charge in [-0.15, -0.1) is 0 Å². The summed E-state index contributed by atoms with van der Waals surface area (Å²) in [5.74, 6) is -0.569. The van der Waals surface area contributed by atoms with Crippen molar-refractivity contribution < 1.29 is 8.78 Å². The summed E-state index contributed by atoms with van der Waals surface area (Å²) in [6.07, 6.45) is 5.38. The van der Waals surface area contributed by atoms with Crippen LogP contribution in [0, 0.1) is 11.6 Å². The summed E-state index contributed by atoms with van der Waals surface area (Å²) in [6, 6.07) is 18.9. The van der Waals surface area contributed by atoms with Crippen LogP contribution in [-0.2, 0) is 6.54 Å². The minimum Gasteiger partial charge on any atom is -0.333 e. The van der Waals surface area contributed by atoms with Gasteiger partial charge in [0.25, 0.3) is 0 Å². The summed E-state index contributed by atoms with van der Waals surface area (Å²) in [5, 5.41) is 0. The molecular weight excluding hydrogens is 330 g/mol. The number of rotatable bonds is 4. The summed E-state index contributed by atoms with van der Waals surface area (Å²) in [7, 11) is 0. The van der Waals surface area contributed by atoms with Gasteiger partial charge < -0.3 is 4.57 Å². The molecule has 1 aromatic heterocycles. The van der Waals surface area contributed by atoms with Crippen molar-refractivity contribution in [1.29, 1.82) is 0 Å². The standard InChI is InChI=1S/C22H16F2N2/c23-19-9-7-16(8-10-19)22-18(14-26-12-11-25-15-26)4-2-6-21(22)17-3-1-5-20(24)13-17/h1-13,15H,14H2. The first kappa shape index (κ1) is 16.2. The van der Waals surface area contributed by atoms with E-state index in [4.69, 9.17) is 0 Å². The van der Waals surface area contributed by atoms with Gasteiger partial charge in [0.05, 0.1) is 6.33 Å². The molecule has 4 aromatic rings. The number of hydrogen-bond donors (Lipinski definition) is 0. The Hall–Kier alpha value is -3.27. The first-order chi connectivity index (χ1) is 12.7. The molecule has 0 unspecified atom stereocenters. The van der Waals surface area contributed by atoms with Crippen LogP contribution in [0.15, 0.2) is 85.5 Å². The Morgan fingerprint density at radius 1 is 0.808 bits per heavy atom. The van der Waals surface area contributed by atoms with Gasteiger partial charge in [-0.3, -0.25) is 0 Å². The lowest BCUT2D eigenvalue weighted by Crippen LogP contribution is -2.00. The Morgan fingerprint density at radius 3 is 2.35 bits per heavy atom. The zero-order valence-corrected chi connectivity index (χ0v) is 13.9. The van der Waals surface area contributed by atoms with Gasteiger partial charge in [-0.1, -0.05) is 42.5 Å². The van der Waals surface area contributed by atoms with Crippen molar-refractivity contribution in [3.63, 3.8) is 0 Å². The van der Waals surface area contributed by atoms with Gasteiger partial charge in [-0.25, -0.2) is 13.8 Å². The first-order valence-electron chi connectivity index (χ1n) is 8.30. The van der Waals surface area contributed by atoms with E-state index in [0.717, 1.165) is 27.8 Å². The normalized spacial score (nSPS) is 10.8. The highest BCUT2D eigenvalue weighted by Crippen LogP contribution is 2.35. The number of hydrogen-bond acceptors (Lipinski definition) is 1. The number of nitrogens with zero attached hydrogens (tertiary/aromatic N) is 2. The third-order valence-corrected chi connectivity index (χ3v) is 4.33. The van der Waals surface area contributed by atoms with E-state index in [1.165, 1.54) is 24.3 Å². The van der Waals surface area contributed by atoms with Gasteiger partial charge in [0.2, 0.25) is 0 Å². The molecule has 0 aliphatic carbocycles. The molecule has 0 bridgehead atoms. The van der Waals surface area contributed by atoms with Gasteiger partial charge in [0, 0.05) is 18.9 Å². The van der Waals surface area contributed by atoms with Crippen LogP contribution >= 0.6 is 0 Å². The van der Waals surface area contributed by atoms with E-state index in [-0.39, 0.29) is 11.6 Å². The molecule has 0 aliphatic heterocycles. The molecule has 0 fully saturated rings. The van der Waals surface area contributed by atoms with Crippen molar-refractivity contribution in [3.8, 4) is 22.3 Å². The molecule has 0 spiro atoms. The van der Waals surface area contributed by atoms with E-state index in [2.05, 4.69) is 4.98 Å². The van der Waals surface area contributed by atoms with Crippen LogP contribution in [0.25, 0.3) is 22.3 Å². The van der Waals surface area contributed by atoms with Crippen LogP contribution in [0.2, 0.25) is 0 Å². The topological polar surface area (TPSA) is 17.8 Å². The molecule has 0 N–H and O–H groups in total. The summed E-state index contributed by atoms with van der Waals surface area (Å²) in [5.41, 5.74) is 4.61. The lowest BCUT2D eigenvalue weighted by molar-refractivity contribution is 0.628. The largest absolute Gasteiger partial charge is 0.333 e. The third kappa shape index (κ3) is 3.26. The molecule has 3 aromatic carbocycles. The Balaban J connectivity index is 1.92. The van der Waals surface area contributed by atoms with Crippen molar-refractivity contribution >= 4 is 0 Å². The predicted octanol–water partition coefficient (Wildman–Crippen LogP) is 5.54. The Kier molecular flexibility index (Phi) is 4.32.